The van der Waals surface area contributed by atoms with Crippen molar-refractivity contribution in [2.75, 3.05) is 44.3 Å². The van der Waals surface area contributed by atoms with Crippen molar-refractivity contribution >= 4 is 20.9 Å². The van der Waals surface area contributed by atoms with Crippen molar-refractivity contribution in [1.29, 1.82) is 0 Å². The Labute approximate surface area is 203 Å². The molecule has 1 fully saturated rings. The molecule has 0 bridgehead atoms. The molecular weight excluding hydrogens is 448 g/mol. The molecule has 1 atom stereocenters. The van der Waals surface area contributed by atoms with Gasteiger partial charge in [-0.1, -0.05) is 5.92 Å². The van der Waals surface area contributed by atoms with Crippen molar-refractivity contribution in [2.45, 2.75) is 39.1 Å². The van der Waals surface area contributed by atoms with Crippen LogP contribution in [0.3, 0.4) is 0 Å². The lowest BCUT2D eigenvalue weighted by atomic mass is 10.1. The highest BCUT2D eigenvalue weighted by molar-refractivity contribution is 8.32. The van der Waals surface area contributed by atoms with Crippen LogP contribution in [0.2, 0.25) is 0 Å². The Morgan fingerprint density at radius 1 is 1.26 bits per heavy atom. The van der Waals surface area contributed by atoms with E-state index in [0.29, 0.717) is 18.3 Å². The summed E-state index contributed by atoms with van der Waals surface area (Å²) in [4.78, 5) is 4.55. The summed E-state index contributed by atoms with van der Waals surface area (Å²) in [6.45, 7) is 7.04. The maximum absolute atomic E-state index is 9.99. The maximum atomic E-state index is 9.99. The fourth-order valence-corrected chi connectivity index (χ4v) is 4.52. The van der Waals surface area contributed by atoms with Crippen LogP contribution in [0.4, 0.5) is 0 Å². The van der Waals surface area contributed by atoms with Crippen molar-refractivity contribution in [1.82, 2.24) is 19.3 Å². The largest absolute Gasteiger partial charge is 0.381 e. The molecule has 3 aromatic heterocycles. The zero-order valence-corrected chi connectivity index (χ0v) is 21.7. The molecule has 184 valence electrons. The molecule has 0 aliphatic carbocycles. The van der Waals surface area contributed by atoms with Gasteiger partial charge in [0.15, 0.2) is 0 Å². The zero-order chi connectivity index (χ0) is 24.3. The van der Waals surface area contributed by atoms with Crippen molar-refractivity contribution in [3.05, 3.63) is 36.5 Å². The fraction of sp³-hybridized carbons (Fsp3) is 0.538. The third kappa shape index (κ3) is 6.63. The van der Waals surface area contributed by atoms with E-state index in [0.717, 1.165) is 60.6 Å². The van der Waals surface area contributed by atoms with Crippen LogP contribution in [-0.4, -0.2) is 74.4 Å². The van der Waals surface area contributed by atoms with Gasteiger partial charge in [-0.05, 0) is 51.0 Å². The predicted octanol–water partition coefficient (Wildman–Crippen LogP) is 3.73. The second kappa shape index (κ2) is 10.1. The van der Waals surface area contributed by atoms with Gasteiger partial charge in [0.2, 0.25) is 0 Å². The standard InChI is InChI=1S/C26H36N4O3S/c1-26(2,31)8-6-22-12-23-24(17-29(25(23)14-27-22)15-20-7-9-32-18-20)21-13-28-30(16-21)19-33-10-11-34(3,4)5/h12-14,16-17,20,31H,7,9-11,15,18-19H2,1-5H3. The van der Waals surface area contributed by atoms with E-state index in [1.54, 1.807) is 13.8 Å². The molecule has 8 heteroatoms. The molecule has 1 unspecified atom stereocenters. The molecule has 3 aromatic rings. The first kappa shape index (κ1) is 24.8. The summed E-state index contributed by atoms with van der Waals surface area (Å²) in [5.74, 6) is 7.45. The van der Waals surface area contributed by atoms with E-state index in [2.05, 4.69) is 51.5 Å². The minimum Gasteiger partial charge on any atom is -0.381 e. The molecule has 0 saturated carbocycles. The number of hydrogen-bond acceptors (Lipinski definition) is 5. The topological polar surface area (TPSA) is 74.3 Å². The van der Waals surface area contributed by atoms with Crippen molar-refractivity contribution in [3.8, 4) is 23.0 Å². The minimum absolute atomic E-state index is 0.442. The van der Waals surface area contributed by atoms with Crippen LogP contribution in [0.15, 0.2) is 30.9 Å². The highest BCUT2D eigenvalue weighted by Crippen LogP contribution is 2.34. The summed E-state index contributed by atoms with van der Waals surface area (Å²) in [5.41, 5.74) is 2.76. The lowest BCUT2D eigenvalue weighted by Crippen LogP contribution is -2.14. The van der Waals surface area contributed by atoms with Crippen LogP contribution in [0.1, 0.15) is 26.0 Å². The van der Waals surface area contributed by atoms with Gasteiger partial charge < -0.3 is 19.1 Å². The molecule has 1 aliphatic heterocycles. The Bertz CT molecular complexity index is 1180. The SMILES string of the molecule is CC(C)(O)C#Cc1cc2c(-c3cnn(COCCS(C)(C)C)c3)cn(CC3CCOC3)c2cn1. The first-order valence-corrected chi connectivity index (χ1v) is 14.7. The molecule has 4 heterocycles. The Morgan fingerprint density at radius 2 is 2.09 bits per heavy atom. The second-order valence-corrected chi connectivity index (χ2v) is 15.0. The highest BCUT2D eigenvalue weighted by Gasteiger charge is 2.20. The summed E-state index contributed by atoms with van der Waals surface area (Å²) < 4.78 is 15.6. The Kier molecular flexibility index (Phi) is 7.39. The normalized spacial score (nSPS) is 17.2. The number of pyridine rings is 1. The van der Waals surface area contributed by atoms with Gasteiger partial charge in [0.25, 0.3) is 0 Å². The van der Waals surface area contributed by atoms with Gasteiger partial charge >= 0.3 is 0 Å². The van der Waals surface area contributed by atoms with Gasteiger partial charge in [0, 0.05) is 53.7 Å². The molecule has 1 aliphatic rings. The number of hydrogen-bond donors (Lipinski definition) is 1. The van der Waals surface area contributed by atoms with Gasteiger partial charge in [0.1, 0.15) is 18.0 Å². The van der Waals surface area contributed by atoms with Gasteiger partial charge in [0.05, 0.1) is 31.1 Å². The Hall–Kier alpha value is -2.31. The van der Waals surface area contributed by atoms with E-state index >= 15 is 0 Å². The van der Waals surface area contributed by atoms with Gasteiger partial charge in [-0.3, -0.25) is 0 Å². The molecule has 0 amide bonds. The summed E-state index contributed by atoms with van der Waals surface area (Å²) in [6, 6.07) is 2.00. The molecular formula is C26H36N4O3S. The quantitative estimate of drug-likeness (QED) is 0.390. The van der Waals surface area contributed by atoms with E-state index < -0.39 is 15.6 Å². The molecule has 0 aromatic carbocycles. The molecule has 4 rings (SSSR count). The molecule has 34 heavy (non-hydrogen) atoms. The van der Waals surface area contributed by atoms with E-state index in [1.807, 2.05) is 29.3 Å². The van der Waals surface area contributed by atoms with Crippen LogP contribution in [0, 0.1) is 17.8 Å². The van der Waals surface area contributed by atoms with E-state index in [4.69, 9.17) is 9.47 Å². The Morgan fingerprint density at radius 3 is 2.79 bits per heavy atom. The van der Waals surface area contributed by atoms with E-state index in [1.165, 1.54) is 0 Å². The summed E-state index contributed by atoms with van der Waals surface area (Å²) in [5, 5.41) is 15.6. The first-order valence-electron chi connectivity index (χ1n) is 11.7. The molecule has 0 spiro atoms. The van der Waals surface area contributed by atoms with E-state index in [9.17, 15) is 5.11 Å². The number of fused-ring (bicyclic) bond motifs is 1. The van der Waals surface area contributed by atoms with Crippen molar-refractivity contribution < 1.29 is 14.6 Å². The van der Waals surface area contributed by atoms with Crippen LogP contribution < -0.4 is 0 Å². The monoisotopic (exact) mass is 484 g/mol. The van der Waals surface area contributed by atoms with Crippen molar-refractivity contribution in [3.63, 3.8) is 0 Å². The fourth-order valence-electron chi connectivity index (χ4n) is 3.90. The lowest BCUT2D eigenvalue weighted by Gasteiger charge is -2.24. The highest BCUT2D eigenvalue weighted by atomic mass is 32.3. The van der Waals surface area contributed by atoms with Crippen LogP contribution >= 0.6 is 10.0 Å². The molecule has 1 N–H and O–H groups in total. The predicted molar refractivity (Wildman–Crippen MR) is 139 cm³/mol. The van der Waals surface area contributed by atoms with Crippen molar-refractivity contribution in [2.24, 2.45) is 5.92 Å². The van der Waals surface area contributed by atoms with Crippen LogP contribution in [0.5, 0.6) is 0 Å². The summed E-state index contributed by atoms with van der Waals surface area (Å²) in [7, 11) is -0.565. The second-order valence-electron chi connectivity index (χ2n) is 10.4. The zero-order valence-electron chi connectivity index (χ0n) is 20.9. The van der Waals surface area contributed by atoms with Crippen LogP contribution in [-0.2, 0) is 22.7 Å². The van der Waals surface area contributed by atoms with Gasteiger partial charge in [-0.25, -0.2) is 19.7 Å². The number of ether oxygens (including phenoxy) is 2. The lowest BCUT2D eigenvalue weighted by molar-refractivity contribution is 0.0809. The summed E-state index contributed by atoms with van der Waals surface area (Å²) >= 11 is 0. The number of nitrogens with zero attached hydrogens (tertiary/aromatic N) is 4. The number of aromatic nitrogens is 4. The van der Waals surface area contributed by atoms with Gasteiger partial charge in [-0.2, -0.15) is 5.10 Å². The third-order valence-electron chi connectivity index (χ3n) is 5.75. The number of aliphatic hydroxyl groups is 1. The Balaban J connectivity index is 1.62. The molecule has 0 radical (unpaired) electrons. The average Bonchev–Trinajstić information content (AvgIpc) is 3.49. The first-order chi connectivity index (χ1) is 16.1. The average molecular weight is 485 g/mol. The van der Waals surface area contributed by atoms with Gasteiger partial charge in [-0.15, -0.1) is 0 Å². The molecule has 7 nitrogen and oxygen atoms in total. The smallest absolute Gasteiger partial charge is 0.139 e. The molecule has 1 saturated heterocycles. The van der Waals surface area contributed by atoms with Crippen LogP contribution in [0.25, 0.3) is 22.0 Å². The minimum atomic E-state index is -1.07. The maximum Gasteiger partial charge on any atom is 0.139 e. The summed E-state index contributed by atoms with van der Waals surface area (Å²) in [6.07, 6.45) is 15.9. The number of rotatable bonds is 8. The van der Waals surface area contributed by atoms with E-state index in [-0.39, 0.29) is 0 Å². The third-order valence-corrected chi connectivity index (χ3v) is 7.14.